The lowest BCUT2D eigenvalue weighted by atomic mass is 9.81. The number of carbonyl (C=O) groups excluding carboxylic acids is 1. The highest BCUT2D eigenvalue weighted by Gasteiger charge is 2.33. The van der Waals surface area contributed by atoms with Crippen LogP contribution in [0.4, 0.5) is 5.82 Å². The number of rotatable bonds is 8. The van der Waals surface area contributed by atoms with Gasteiger partial charge in [0.15, 0.2) is 5.82 Å². The largest absolute Gasteiger partial charge is 0.379 e. The van der Waals surface area contributed by atoms with Crippen molar-refractivity contribution in [3.63, 3.8) is 0 Å². The highest BCUT2D eigenvalue weighted by atomic mass is 16.5. The molecule has 0 unspecified atom stereocenters. The maximum absolute atomic E-state index is 12.5. The third-order valence-electron chi connectivity index (χ3n) is 4.86. The van der Waals surface area contributed by atoms with E-state index in [1.807, 2.05) is 30.8 Å². The van der Waals surface area contributed by atoms with Gasteiger partial charge in [0, 0.05) is 38.4 Å². The van der Waals surface area contributed by atoms with Gasteiger partial charge < -0.3 is 15.8 Å². The Morgan fingerprint density at radius 1 is 1.35 bits per heavy atom. The normalized spacial score (nSPS) is 16.5. The minimum atomic E-state index is -0.502. The predicted molar refractivity (Wildman–Crippen MR) is 90.2 cm³/mol. The lowest BCUT2D eigenvalue weighted by Crippen LogP contribution is -2.41. The Kier molecular flexibility index (Phi) is 6.56. The van der Waals surface area contributed by atoms with Crippen LogP contribution in [-0.4, -0.2) is 60.0 Å². The zero-order valence-corrected chi connectivity index (χ0v) is 14.3. The molecule has 0 spiro atoms. The molecular weight excluding hydrogens is 294 g/mol. The Morgan fingerprint density at radius 2 is 2.04 bits per heavy atom. The molecule has 1 aliphatic rings. The maximum Gasteiger partial charge on any atom is 0.233 e. The van der Waals surface area contributed by atoms with E-state index in [1.54, 1.807) is 0 Å². The fourth-order valence-electron chi connectivity index (χ4n) is 2.82. The van der Waals surface area contributed by atoms with Crippen molar-refractivity contribution in [3.8, 4) is 0 Å². The molecule has 7 nitrogen and oxygen atoms in total. The first-order valence-corrected chi connectivity index (χ1v) is 8.48. The van der Waals surface area contributed by atoms with E-state index in [0.717, 1.165) is 52.2 Å². The van der Waals surface area contributed by atoms with Crippen molar-refractivity contribution < 1.29 is 9.53 Å². The number of aromatic nitrogens is 2. The maximum atomic E-state index is 12.5. The second-order valence-corrected chi connectivity index (χ2v) is 6.06. The molecule has 1 aromatic rings. The molecule has 1 aromatic heterocycles. The van der Waals surface area contributed by atoms with Crippen LogP contribution in [0.25, 0.3) is 0 Å². The molecule has 1 fully saturated rings. The quantitative estimate of drug-likeness (QED) is 0.743. The van der Waals surface area contributed by atoms with E-state index in [9.17, 15) is 4.79 Å². The molecule has 2 heterocycles. The summed E-state index contributed by atoms with van der Waals surface area (Å²) in [7, 11) is 0. The van der Waals surface area contributed by atoms with Gasteiger partial charge in [-0.05, 0) is 12.8 Å². The Bertz CT molecular complexity index is 484. The summed E-state index contributed by atoms with van der Waals surface area (Å²) in [5.41, 5.74) is 5.31. The van der Waals surface area contributed by atoms with E-state index in [1.165, 1.54) is 0 Å². The summed E-state index contributed by atoms with van der Waals surface area (Å²) < 4.78 is 7.21. The van der Waals surface area contributed by atoms with Gasteiger partial charge in [-0.3, -0.25) is 14.4 Å². The van der Waals surface area contributed by atoms with E-state index in [2.05, 4.69) is 15.3 Å². The molecule has 0 aromatic carbocycles. The van der Waals surface area contributed by atoms with E-state index in [4.69, 9.17) is 10.5 Å². The minimum absolute atomic E-state index is 0.0385. The number of hydrogen-bond acceptors (Lipinski definition) is 5. The Morgan fingerprint density at radius 3 is 2.65 bits per heavy atom. The first-order chi connectivity index (χ1) is 11.1. The average molecular weight is 323 g/mol. The van der Waals surface area contributed by atoms with Gasteiger partial charge in [0.25, 0.3) is 0 Å². The van der Waals surface area contributed by atoms with Crippen molar-refractivity contribution in [2.45, 2.75) is 33.2 Å². The van der Waals surface area contributed by atoms with Crippen molar-refractivity contribution >= 4 is 11.7 Å². The van der Waals surface area contributed by atoms with Gasteiger partial charge in [-0.2, -0.15) is 5.10 Å². The molecule has 1 amide bonds. The third kappa shape index (κ3) is 4.53. The molecular formula is C16H29N5O2. The van der Waals surface area contributed by atoms with Crippen LogP contribution >= 0.6 is 0 Å². The highest BCUT2D eigenvalue weighted by Crippen LogP contribution is 2.26. The summed E-state index contributed by atoms with van der Waals surface area (Å²) in [6, 6.07) is 1.84. The van der Waals surface area contributed by atoms with E-state index in [-0.39, 0.29) is 5.91 Å². The number of ether oxygens (including phenoxy) is 1. The minimum Gasteiger partial charge on any atom is -0.379 e. The SMILES string of the molecule is CCC(CC)(CN)C(=O)Nc1ccn(CCN2CCOCC2)n1. The van der Waals surface area contributed by atoms with Crippen LogP contribution in [0.2, 0.25) is 0 Å². The standard InChI is InChI=1S/C16H29N5O2/c1-3-16(4-2,13-17)15(22)18-14-5-6-21(19-14)8-7-20-9-11-23-12-10-20/h5-6H,3-4,7-13,17H2,1-2H3,(H,18,19,22). The predicted octanol–water partition coefficient (Wildman–Crippen LogP) is 0.919. The van der Waals surface area contributed by atoms with Crippen molar-refractivity contribution in [1.82, 2.24) is 14.7 Å². The second kappa shape index (κ2) is 8.42. The number of nitrogens with two attached hydrogens (primary N) is 1. The van der Waals surface area contributed by atoms with Crippen molar-refractivity contribution in [2.75, 3.05) is 44.7 Å². The molecule has 1 aliphatic heterocycles. The smallest absolute Gasteiger partial charge is 0.233 e. The zero-order valence-electron chi connectivity index (χ0n) is 14.3. The topological polar surface area (TPSA) is 85.4 Å². The molecule has 1 saturated heterocycles. The monoisotopic (exact) mass is 323 g/mol. The summed E-state index contributed by atoms with van der Waals surface area (Å²) in [4.78, 5) is 14.8. The molecule has 7 heteroatoms. The zero-order chi connectivity index (χ0) is 16.7. The van der Waals surface area contributed by atoms with E-state index < -0.39 is 5.41 Å². The molecule has 0 saturated carbocycles. The van der Waals surface area contributed by atoms with Crippen LogP contribution in [0.15, 0.2) is 12.3 Å². The fraction of sp³-hybridized carbons (Fsp3) is 0.750. The summed E-state index contributed by atoms with van der Waals surface area (Å²) in [6.45, 7) is 9.63. The van der Waals surface area contributed by atoms with Crippen LogP contribution in [0.1, 0.15) is 26.7 Å². The van der Waals surface area contributed by atoms with Crippen LogP contribution < -0.4 is 11.1 Å². The summed E-state index contributed by atoms with van der Waals surface area (Å²) in [5, 5.41) is 7.35. The van der Waals surface area contributed by atoms with Gasteiger partial charge in [0.2, 0.25) is 5.91 Å². The number of nitrogens with zero attached hydrogens (tertiary/aromatic N) is 3. The Hall–Kier alpha value is -1.44. The van der Waals surface area contributed by atoms with E-state index >= 15 is 0 Å². The lowest BCUT2D eigenvalue weighted by Gasteiger charge is -2.28. The number of carbonyl (C=O) groups is 1. The fourth-order valence-corrected chi connectivity index (χ4v) is 2.82. The van der Waals surface area contributed by atoms with Crippen molar-refractivity contribution in [2.24, 2.45) is 11.1 Å². The number of morpholine rings is 1. The summed E-state index contributed by atoms with van der Waals surface area (Å²) in [6.07, 6.45) is 3.35. The van der Waals surface area contributed by atoms with Crippen molar-refractivity contribution in [1.29, 1.82) is 0 Å². The molecule has 23 heavy (non-hydrogen) atoms. The molecule has 0 atom stereocenters. The molecule has 0 bridgehead atoms. The van der Waals surface area contributed by atoms with Gasteiger partial charge in [0.1, 0.15) is 0 Å². The summed E-state index contributed by atoms with van der Waals surface area (Å²) in [5.74, 6) is 0.556. The van der Waals surface area contributed by atoms with Crippen LogP contribution in [0.5, 0.6) is 0 Å². The van der Waals surface area contributed by atoms with Crippen LogP contribution in [0.3, 0.4) is 0 Å². The number of nitrogens with one attached hydrogen (secondary N) is 1. The van der Waals surface area contributed by atoms with Gasteiger partial charge in [-0.25, -0.2) is 0 Å². The first kappa shape index (κ1) is 17.9. The highest BCUT2D eigenvalue weighted by molar-refractivity contribution is 5.94. The van der Waals surface area contributed by atoms with Gasteiger partial charge in [-0.15, -0.1) is 0 Å². The lowest BCUT2D eigenvalue weighted by molar-refractivity contribution is -0.125. The molecule has 130 valence electrons. The number of hydrogen-bond donors (Lipinski definition) is 2. The third-order valence-corrected chi connectivity index (χ3v) is 4.86. The van der Waals surface area contributed by atoms with Gasteiger partial charge in [0.05, 0.1) is 25.2 Å². The Balaban J connectivity index is 1.87. The van der Waals surface area contributed by atoms with Gasteiger partial charge in [-0.1, -0.05) is 13.8 Å². The van der Waals surface area contributed by atoms with Crippen LogP contribution in [0, 0.1) is 5.41 Å². The molecule has 3 N–H and O–H groups in total. The molecule has 0 radical (unpaired) electrons. The summed E-state index contributed by atoms with van der Waals surface area (Å²) >= 11 is 0. The second-order valence-electron chi connectivity index (χ2n) is 6.06. The van der Waals surface area contributed by atoms with E-state index in [0.29, 0.717) is 12.4 Å². The average Bonchev–Trinajstić information content (AvgIpc) is 3.03. The first-order valence-electron chi connectivity index (χ1n) is 8.48. The number of amides is 1. The molecule has 0 aliphatic carbocycles. The van der Waals surface area contributed by atoms with Gasteiger partial charge >= 0.3 is 0 Å². The Labute approximate surface area is 138 Å². The van der Waals surface area contributed by atoms with Crippen molar-refractivity contribution in [3.05, 3.63) is 12.3 Å². The number of anilines is 1. The molecule has 2 rings (SSSR count). The van der Waals surface area contributed by atoms with Crippen LogP contribution in [-0.2, 0) is 16.1 Å².